The number of nitrogens with one attached hydrogen (secondary N) is 2. The molecule has 0 unspecified atom stereocenters. The van der Waals surface area contributed by atoms with Crippen LogP contribution in [0.4, 0.5) is 0 Å². The number of benzene rings is 1. The molecule has 3 N–H and O–H groups in total. The van der Waals surface area contributed by atoms with Crippen LogP contribution in [-0.2, 0) is 6.42 Å². The maximum Gasteiger partial charge on any atom is 0.335 e. The van der Waals surface area contributed by atoms with Crippen molar-refractivity contribution in [1.29, 1.82) is 0 Å². The standard InChI is InChI=1S/C13H12N2O4/c1-7-10(11(16)15-13(19)14-7)6-8-4-2-3-5-9(8)12(17)18/h2-5H,6H2,1H3,(H,17,18)(H2,14,15,16,19). The van der Waals surface area contributed by atoms with Gasteiger partial charge < -0.3 is 10.1 Å². The first kappa shape index (κ1) is 12.8. The molecule has 1 aromatic carbocycles. The zero-order valence-electron chi connectivity index (χ0n) is 10.2. The number of hydrogen-bond donors (Lipinski definition) is 3. The minimum Gasteiger partial charge on any atom is -0.478 e. The summed E-state index contributed by atoms with van der Waals surface area (Å²) in [5, 5.41) is 9.08. The summed E-state index contributed by atoms with van der Waals surface area (Å²) >= 11 is 0. The molecule has 0 fully saturated rings. The lowest BCUT2D eigenvalue weighted by Crippen LogP contribution is -2.27. The second kappa shape index (κ2) is 4.93. The van der Waals surface area contributed by atoms with Crippen molar-refractivity contribution in [2.45, 2.75) is 13.3 Å². The summed E-state index contributed by atoms with van der Waals surface area (Å²) in [5.74, 6) is -1.05. The van der Waals surface area contributed by atoms with Crippen molar-refractivity contribution in [3.63, 3.8) is 0 Å². The Bertz CT molecular complexity index is 743. The van der Waals surface area contributed by atoms with E-state index >= 15 is 0 Å². The van der Waals surface area contributed by atoms with Crippen molar-refractivity contribution in [3.8, 4) is 0 Å². The molecule has 0 radical (unpaired) electrons. The molecule has 0 saturated heterocycles. The lowest BCUT2D eigenvalue weighted by molar-refractivity contribution is 0.0696. The lowest BCUT2D eigenvalue weighted by atomic mass is 10.00. The minimum atomic E-state index is -1.05. The van der Waals surface area contributed by atoms with Gasteiger partial charge in [0, 0.05) is 17.7 Å². The average Bonchev–Trinajstić information content (AvgIpc) is 2.34. The van der Waals surface area contributed by atoms with Gasteiger partial charge in [-0.3, -0.25) is 9.78 Å². The number of aromatic nitrogens is 2. The van der Waals surface area contributed by atoms with Crippen LogP contribution in [0.25, 0.3) is 0 Å². The zero-order valence-corrected chi connectivity index (χ0v) is 10.2. The molecule has 1 heterocycles. The zero-order chi connectivity index (χ0) is 14.0. The molecule has 2 aromatic rings. The molecule has 0 aliphatic heterocycles. The normalized spacial score (nSPS) is 10.4. The van der Waals surface area contributed by atoms with Gasteiger partial charge in [0.25, 0.3) is 5.56 Å². The number of H-pyrrole nitrogens is 2. The molecule has 0 amide bonds. The van der Waals surface area contributed by atoms with Crippen LogP contribution >= 0.6 is 0 Å². The smallest absolute Gasteiger partial charge is 0.335 e. The Kier molecular flexibility index (Phi) is 3.33. The number of aromatic amines is 2. The number of carbonyl (C=O) groups is 1. The Morgan fingerprint density at radius 1 is 1.21 bits per heavy atom. The highest BCUT2D eigenvalue weighted by atomic mass is 16.4. The molecular formula is C13H12N2O4. The van der Waals surface area contributed by atoms with E-state index in [1.807, 2.05) is 0 Å². The van der Waals surface area contributed by atoms with Crippen LogP contribution in [0, 0.1) is 6.92 Å². The Morgan fingerprint density at radius 2 is 1.89 bits per heavy atom. The molecule has 1 aromatic heterocycles. The van der Waals surface area contributed by atoms with E-state index in [1.54, 1.807) is 25.1 Å². The molecule has 0 saturated carbocycles. The fraction of sp³-hybridized carbons (Fsp3) is 0.154. The summed E-state index contributed by atoms with van der Waals surface area (Å²) in [6.45, 7) is 1.61. The Hall–Kier alpha value is -2.63. The summed E-state index contributed by atoms with van der Waals surface area (Å²) in [4.78, 5) is 38.5. The summed E-state index contributed by atoms with van der Waals surface area (Å²) in [6.07, 6.45) is 0.153. The number of hydrogen-bond acceptors (Lipinski definition) is 3. The molecule has 0 atom stereocenters. The van der Waals surface area contributed by atoms with Crippen LogP contribution in [0.3, 0.4) is 0 Å². The Labute approximate surface area is 107 Å². The molecular weight excluding hydrogens is 248 g/mol. The second-order valence-electron chi connectivity index (χ2n) is 4.15. The Balaban J connectivity index is 2.51. The van der Waals surface area contributed by atoms with Gasteiger partial charge >= 0.3 is 11.7 Å². The summed E-state index contributed by atoms with van der Waals surface area (Å²) in [5.41, 5.74) is 0.393. The van der Waals surface area contributed by atoms with Crippen molar-refractivity contribution in [2.75, 3.05) is 0 Å². The van der Waals surface area contributed by atoms with Crippen molar-refractivity contribution >= 4 is 5.97 Å². The van der Waals surface area contributed by atoms with Crippen LogP contribution in [0.15, 0.2) is 33.9 Å². The molecule has 2 rings (SSSR count). The monoisotopic (exact) mass is 260 g/mol. The third kappa shape index (κ3) is 2.62. The molecule has 6 heteroatoms. The van der Waals surface area contributed by atoms with Gasteiger partial charge in [0.1, 0.15) is 0 Å². The van der Waals surface area contributed by atoms with Crippen LogP contribution in [-0.4, -0.2) is 21.0 Å². The minimum absolute atomic E-state index is 0.146. The molecule has 19 heavy (non-hydrogen) atoms. The molecule has 0 aliphatic rings. The maximum atomic E-state index is 11.7. The first-order chi connectivity index (χ1) is 8.99. The van der Waals surface area contributed by atoms with E-state index in [9.17, 15) is 14.4 Å². The molecule has 0 spiro atoms. The van der Waals surface area contributed by atoms with Gasteiger partial charge in [-0.2, -0.15) is 0 Å². The summed E-state index contributed by atoms with van der Waals surface area (Å²) in [6, 6.07) is 6.45. The molecule has 98 valence electrons. The lowest BCUT2D eigenvalue weighted by Gasteiger charge is -2.07. The van der Waals surface area contributed by atoms with E-state index in [4.69, 9.17) is 5.11 Å². The first-order valence-corrected chi connectivity index (χ1v) is 5.62. The number of carboxylic acid groups (broad SMARTS) is 1. The topological polar surface area (TPSA) is 103 Å². The second-order valence-corrected chi connectivity index (χ2v) is 4.15. The molecule has 6 nitrogen and oxygen atoms in total. The fourth-order valence-electron chi connectivity index (χ4n) is 1.91. The van der Waals surface area contributed by atoms with Gasteiger partial charge in [0.2, 0.25) is 0 Å². The van der Waals surface area contributed by atoms with Gasteiger partial charge in [-0.25, -0.2) is 9.59 Å². The highest BCUT2D eigenvalue weighted by Crippen LogP contribution is 2.13. The average molecular weight is 260 g/mol. The number of aryl methyl sites for hydroxylation is 1. The summed E-state index contributed by atoms with van der Waals surface area (Å²) < 4.78 is 0. The third-order valence-corrected chi connectivity index (χ3v) is 2.87. The van der Waals surface area contributed by atoms with Crippen molar-refractivity contribution in [1.82, 2.24) is 9.97 Å². The van der Waals surface area contributed by atoms with Crippen LogP contribution in [0.5, 0.6) is 0 Å². The van der Waals surface area contributed by atoms with Gasteiger partial charge in [-0.05, 0) is 18.6 Å². The number of aromatic carboxylic acids is 1. The highest BCUT2D eigenvalue weighted by molar-refractivity contribution is 5.89. The fourth-order valence-corrected chi connectivity index (χ4v) is 1.91. The largest absolute Gasteiger partial charge is 0.478 e. The van der Waals surface area contributed by atoms with Crippen LogP contribution < -0.4 is 11.2 Å². The third-order valence-electron chi connectivity index (χ3n) is 2.87. The van der Waals surface area contributed by atoms with Crippen LogP contribution in [0.1, 0.15) is 27.2 Å². The predicted molar refractivity (Wildman–Crippen MR) is 68.6 cm³/mol. The van der Waals surface area contributed by atoms with E-state index in [2.05, 4.69) is 9.97 Å². The van der Waals surface area contributed by atoms with E-state index in [0.717, 1.165) is 0 Å². The Morgan fingerprint density at radius 3 is 2.53 bits per heavy atom. The first-order valence-electron chi connectivity index (χ1n) is 5.62. The van der Waals surface area contributed by atoms with E-state index in [-0.39, 0.29) is 12.0 Å². The van der Waals surface area contributed by atoms with E-state index < -0.39 is 17.2 Å². The predicted octanol–water partition coefficient (Wildman–Crippen LogP) is 0.661. The van der Waals surface area contributed by atoms with Gasteiger partial charge in [-0.15, -0.1) is 0 Å². The number of rotatable bonds is 3. The molecule has 0 bridgehead atoms. The number of carboxylic acids is 1. The van der Waals surface area contributed by atoms with Gasteiger partial charge in [0.15, 0.2) is 0 Å². The summed E-state index contributed by atoms with van der Waals surface area (Å²) in [7, 11) is 0. The molecule has 0 aliphatic carbocycles. The van der Waals surface area contributed by atoms with Crippen molar-refractivity contribution in [3.05, 3.63) is 67.5 Å². The SMILES string of the molecule is Cc1[nH]c(=O)[nH]c(=O)c1Cc1ccccc1C(=O)O. The van der Waals surface area contributed by atoms with Gasteiger partial charge in [0.05, 0.1) is 5.56 Å². The van der Waals surface area contributed by atoms with Crippen molar-refractivity contribution in [2.24, 2.45) is 0 Å². The van der Waals surface area contributed by atoms with E-state index in [1.165, 1.54) is 6.07 Å². The highest BCUT2D eigenvalue weighted by Gasteiger charge is 2.13. The van der Waals surface area contributed by atoms with Crippen LogP contribution in [0.2, 0.25) is 0 Å². The van der Waals surface area contributed by atoms with Gasteiger partial charge in [-0.1, -0.05) is 18.2 Å². The van der Waals surface area contributed by atoms with E-state index in [0.29, 0.717) is 16.8 Å². The van der Waals surface area contributed by atoms with Crippen molar-refractivity contribution < 1.29 is 9.90 Å². The quantitative estimate of drug-likeness (QED) is 0.754. The maximum absolute atomic E-state index is 11.7.